The van der Waals surface area contributed by atoms with Crippen LogP contribution < -0.4 is 0 Å². The fourth-order valence-corrected chi connectivity index (χ4v) is 8.60. The number of fused-ring (bicyclic) bond motifs is 2. The molecule has 6 rings (SSSR count). The monoisotopic (exact) mass is 630 g/mol. The van der Waals surface area contributed by atoms with Crippen molar-refractivity contribution >= 4 is 17.7 Å². The number of piperidine rings is 3. The van der Waals surface area contributed by atoms with Gasteiger partial charge in [-0.2, -0.15) is 0 Å². The van der Waals surface area contributed by atoms with Gasteiger partial charge in [-0.25, -0.2) is 0 Å². The average molecular weight is 631 g/mol. The molecule has 6 heterocycles. The van der Waals surface area contributed by atoms with Crippen molar-refractivity contribution in [2.45, 2.75) is 103 Å². The van der Waals surface area contributed by atoms with Crippen LogP contribution in [0.3, 0.4) is 0 Å². The first-order valence-corrected chi connectivity index (χ1v) is 18.0. The molecule has 2 bridgehead atoms. The quantitative estimate of drug-likeness (QED) is 0.347. The fraction of sp³-hybridized carbons (Fsp3) is 0.914. The molecule has 0 aromatic heterocycles. The summed E-state index contributed by atoms with van der Waals surface area (Å²) in [6, 6.07) is 0.932. The molecule has 256 valence electrons. The van der Waals surface area contributed by atoms with Gasteiger partial charge >= 0.3 is 0 Å². The van der Waals surface area contributed by atoms with Crippen LogP contribution in [-0.2, 0) is 19.1 Å². The number of carbonyl (C=O) groups is 3. The molecule has 0 aromatic rings. The molecule has 3 unspecified atom stereocenters. The van der Waals surface area contributed by atoms with E-state index in [1.165, 1.54) is 6.42 Å². The van der Waals surface area contributed by atoms with Crippen molar-refractivity contribution in [3.8, 4) is 0 Å². The van der Waals surface area contributed by atoms with Gasteiger partial charge in [0.2, 0.25) is 17.7 Å². The smallest absolute Gasteiger partial charge is 0.236 e. The van der Waals surface area contributed by atoms with Crippen LogP contribution in [0.5, 0.6) is 0 Å². The van der Waals surface area contributed by atoms with Gasteiger partial charge in [0.15, 0.2) is 0 Å². The molecule has 0 aliphatic carbocycles. The van der Waals surface area contributed by atoms with Gasteiger partial charge in [-0.15, -0.1) is 0 Å². The highest BCUT2D eigenvalue weighted by molar-refractivity contribution is 5.78. The number of likely N-dealkylation sites (tertiary alicyclic amines) is 2. The zero-order chi connectivity index (χ0) is 32.3. The summed E-state index contributed by atoms with van der Waals surface area (Å²) in [5, 5.41) is 0. The number of carbonyl (C=O) groups excluding carboxylic acids is 3. The van der Waals surface area contributed by atoms with Crippen LogP contribution in [-0.4, -0.2) is 158 Å². The van der Waals surface area contributed by atoms with E-state index < -0.39 is 0 Å². The van der Waals surface area contributed by atoms with E-state index in [9.17, 15) is 14.4 Å². The summed E-state index contributed by atoms with van der Waals surface area (Å²) in [4.78, 5) is 52.7. The van der Waals surface area contributed by atoms with E-state index >= 15 is 0 Å². The van der Waals surface area contributed by atoms with E-state index in [1.807, 2.05) is 23.9 Å². The second kappa shape index (κ2) is 15.0. The van der Waals surface area contributed by atoms with Gasteiger partial charge in [0.05, 0.1) is 18.8 Å². The third-order valence-electron chi connectivity index (χ3n) is 11.1. The Hall–Kier alpha value is -1.75. The standard InChI is InChI=1S/C35H62N6O4/c1-26(2)19-32(42)38-11-7-27(8-12-38)31(37-15-17-40(18-16-37)34(44)25-36(5)6)21-35(3,4)22-33(43)39-13-9-28(10-14-39)41-23-29-20-30(24-41)45-29/h26-31H,7-25H2,1-6H3. The summed E-state index contributed by atoms with van der Waals surface area (Å²) in [6.07, 6.45) is 8.41. The molecule has 45 heavy (non-hydrogen) atoms. The van der Waals surface area contributed by atoms with Crippen LogP contribution in [0, 0.1) is 17.3 Å². The zero-order valence-electron chi connectivity index (χ0n) is 29.2. The molecular weight excluding hydrogens is 568 g/mol. The number of amides is 3. The number of morpholine rings is 1. The van der Waals surface area contributed by atoms with Crippen molar-refractivity contribution in [3.05, 3.63) is 0 Å². The summed E-state index contributed by atoms with van der Waals surface area (Å²) in [7, 11) is 3.89. The Morgan fingerprint density at radius 1 is 0.778 bits per heavy atom. The number of nitrogens with zero attached hydrogens (tertiary/aromatic N) is 6. The highest BCUT2D eigenvalue weighted by Crippen LogP contribution is 2.37. The lowest BCUT2D eigenvalue weighted by Crippen LogP contribution is -2.61. The molecule has 6 aliphatic heterocycles. The average Bonchev–Trinajstić information content (AvgIpc) is 2.99. The molecule has 0 aromatic carbocycles. The molecule has 10 nitrogen and oxygen atoms in total. The van der Waals surface area contributed by atoms with Crippen molar-refractivity contribution < 1.29 is 19.1 Å². The van der Waals surface area contributed by atoms with Gasteiger partial charge in [0, 0.05) is 96.8 Å². The van der Waals surface area contributed by atoms with E-state index in [2.05, 4.69) is 47.3 Å². The van der Waals surface area contributed by atoms with Gasteiger partial charge in [0.25, 0.3) is 0 Å². The first-order valence-electron chi connectivity index (χ1n) is 18.0. The molecule has 0 saturated carbocycles. The predicted molar refractivity (Wildman–Crippen MR) is 177 cm³/mol. The number of piperazine rings is 1. The zero-order valence-corrected chi connectivity index (χ0v) is 29.2. The molecule has 0 spiro atoms. The molecule has 6 fully saturated rings. The third-order valence-corrected chi connectivity index (χ3v) is 11.1. The Labute approximate surface area is 272 Å². The molecular formula is C35H62N6O4. The maximum Gasteiger partial charge on any atom is 0.236 e. The van der Waals surface area contributed by atoms with Crippen LogP contribution in [0.4, 0.5) is 0 Å². The largest absolute Gasteiger partial charge is 0.372 e. The lowest BCUT2D eigenvalue weighted by atomic mass is 9.75. The van der Waals surface area contributed by atoms with E-state index in [0.717, 1.165) is 97.6 Å². The van der Waals surface area contributed by atoms with Crippen molar-refractivity contribution in [2.75, 3.05) is 86.1 Å². The van der Waals surface area contributed by atoms with Crippen molar-refractivity contribution in [3.63, 3.8) is 0 Å². The second-order valence-corrected chi connectivity index (χ2v) is 16.3. The van der Waals surface area contributed by atoms with Crippen LogP contribution in [0.15, 0.2) is 0 Å². The van der Waals surface area contributed by atoms with E-state index in [4.69, 9.17) is 4.74 Å². The number of hydrogen-bond acceptors (Lipinski definition) is 7. The molecule has 0 radical (unpaired) electrons. The maximum atomic E-state index is 13.7. The second-order valence-electron chi connectivity index (χ2n) is 16.3. The minimum atomic E-state index is -0.132. The highest BCUT2D eigenvalue weighted by atomic mass is 16.5. The molecule has 3 atom stereocenters. The number of ether oxygens (including phenoxy) is 1. The van der Waals surface area contributed by atoms with Gasteiger partial charge < -0.3 is 24.3 Å². The number of rotatable bonds is 11. The van der Waals surface area contributed by atoms with E-state index in [1.54, 1.807) is 0 Å². The van der Waals surface area contributed by atoms with Crippen molar-refractivity contribution in [1.29, 1.82) is 0 Å². The summed E-state index contributed by atoms with van der Waals surface area (Å²) < 4.78 is 5.84. The Morgan fingerprint density at radius 2 is 1.31 bits per heavy atom. The van der Waals surface area contributed by atoms with Gasteiger partial charge in [-0.05, 0) is 63.5 Å². The number of likely N-dealkylation sites (N-methyl/N-ethyl adjacent to an activating group) is 1. The maximum absolute atomic E-state index is 13.7. The molecule has 6 aliphatic rings. The molecule has 3 amide bonds. The highest BCUT2D eigenvalue weighted by Gasteiger charge is 2.42. The fourth-order valence-electron chi connectivity index (χ4n) is 8.60. The van der Waals surface area contributed by atoms with Crippen LogP contribution in [0.1, 0.15) is 79.1 Å². The normalized spacial score (nSPS) is 26.8. The lowest BCUT2D eigenvalue weighted by molar-refractivity contribution is -0.190. The molecule has 6 saturated heterocycles. The summed E-state index contributed by atoms with van der Waals surface area (Å²) in [5.74, 6) is 1.65. The SMILES string of the molecule is CC(C)CC(=O)N1CCC(C(CC(C)(C)CC(=O)N2CCC(N3CC4CC(C3)O4)CC2)N2CCN(C(=O)CN(C)C)CC2)CC1. The molecule has 10 heteroatoms. The lowest BCUT2D eigenvalue weighted by Gasteiger charge is -2.51. The van der Waals surface area contributed by atoms with Crippen molar-refractivity contribution in [1.82, 2.24) is 29.4 Å². The topological polar surface area (TPSA) is 79.9 Å². The summed E-state index contributed by atoms with van der Waals surface area (Å²) in [5.41, 5.74) is -0.132. The minimum Gasteiger partial charge on any atom is -0.372 e. The van der Waals surface area contributed by atoms with Gasteiger partial charge in [-0.1, -0.05) is 27.7 Å². The van der Waals surface area contributed by atoms with Crippen LogP contribution in [0.25, 0.3) is 0 Å². The Kier molecular flexibility index (Phi) is 11.5. The van der Waals surface area contributed by atoms with E-state index in [-0.39, 0.29) is 17.2 Å². The predicted octanol–water partition coefficient (Wildman–Crippen LogP) is 2.62. The Morgan fingerprint density at radius 3 is 1.87 bits per heavy atom. The summed E-state index contributed by atoms with van der Waals surface area (Å²) in [6.45, 7) is 18.0. The first-order chi connectivity index (χ1) is 21.4. The molecule has 0 N–H and O–H groups in total. The Bertz CT molecular complexity index is 954. The third kappa shape index (κ3) is 9.20. The summed E-state index contributed by atoms with van der Waals surface area (Å²) >= 11 is 0. The van der Waals surface area contributed by atoms with Gasteiger partial charge in [-0.3, -0.25) is 24.2 Å². The van der Waals surface area contributed by atoms with Gasteiger partial charge in [0.1, 0.15) is 0 Å². The van der Waals surface area contributed by atoms with Crippen molar-refractivity contribution in [2.24, 2.45) is 17.3 Å². The first kappa shape index (κ1) is 34.6. The van der Waals surface area contributed by atoms with Crippen LogP contribution in [0.2, 0.25) is 0 Å². The van der Waals surface area contributed by atoms with E-state index in [0.29, 0.717) is 61.4 Å². The number of hydrogen-bond donors (Lipinski definition) is 0. The minimum absolute atomic E-state index is 0.132. The van der Waals surface area contributed by atoms with Crippen LogP contribution >= 0.6 is 0 Å². The Balaban J connectivity index is 1.17.